The molecule has 4 nitrogen and oxygen atoms in total. The van der Waals surface area contributed by atoms with Crippen LogP contribution in [-0.4, -0.2) is 0 Å². The fraction of sp³-hybridized carbons (Fsp3) is 0.0400. The Hall–Kier alpha value is -10.2. The second kappa shape index (κ2) is 18.5. The Labute approximate surface area is 462 Å². The van der Waals surface area contributed by atoms with Crippen molar-refractivity contribution in [1.29, 1.82) is 0 Å². The molecule has 0 saturated heterocycles. The Morgan fingerprint density at radius 1 is 0.203 bits per heavy atom. The molecule has 79 heavy (non-hydrogen) atoms. The van der Waals surface area contributed by atoms with Gasteiger partial charge in [0.05, 0.1) is 45.5 Å². The Morgan fingerprint density at radius 2 is 0.430 bits per heavy atom. The first-order chi connectivity index (χ1) is 38.9. The number of fused-ring (bicyclic) bond motifs is 7. The largest absolute Gasteiger partial charge is 0.306 e. The highest BCUT2D eigenvalue weighted by Gasteiger charge is 2.37. The van der Waals surface area contributed by atoms with Gasteiger partial charge in [-0.25, -0.2) is 0 Å². The van der Waals surface area contributed by atoms with Crippen LogP contribution < -0.4 is 19.6 Å². The maximum atomic E-state index is 2.43. The van der Waals surface area contributed by atoms with Gasteiger partial charge in [-0.15, -0.1) is 0 Å². The summed E-state index contributed by atoms with van der Waals surface area (Å²) in [5.41, 5.74) is 28.4. The Bertz CT molecular complexity index is 3990. The summed E-state index contributed by atoms with van der Waals surface area (Å²) in [7, 11) is 0. The number of hydrogen-bond donors (Lipinski definition) is 0. The summed E-state index contributed by atoms with van der Waals surface area (Å²) in [5, 5.41) is 0. The van der Waals surface area contributed by atoms with Gasteiger partial charge in [-0.3, -0.25) is 0 Å². The number of hydrogen-bond acceptors (Lipinski definition) is 4. The van der Waals surface area contributed by atoms with Crippen LogP contribution in [0.4, 0.5) is 68.2 Å². The van der Waals surface area contributed by atoms with Crippen LogP contribution in [-0.2, 0) is 5.41 Å². The standard InChI is InChI=1S/C75H54N4/c1-75(2)65-47-55(51-31-35-53(36-32-51)57-41-45-71-73(49-57)78(61-23-11-5-12-24-61)69-29-17-15-27-67(69)76(71)59-19-7-3-8-20-59)39-43-63(65)64-44-40-56(48-66(64)75)52-33-37-54(38-34-52)58-42-46-72-74(50-58)79(62-25-13-6-14-26-62)70-30-18-16-28-68(70)77(72)60-21-9-4-10-22-60/h3-50H,1-2H3. The molecule has 0 saturated carbocycles. The van der Waals surface area contributed by atoms with Crippen LogP contribution in [0, 0.1) is 0 Å². The first kappa shape index (κ1) is 46.2. The molecule has 4 heteroatoms. The van der Waals surface area contributed by atoms with Crippen LogP contribution in [0.15, 0.2) is 291 Å². The normalized spacial score (nSPS) is 13.4. The molecule has 15 rings (SSSR count). The third-order valence-corrected chi connectivity index (χ3v) is 16.5. The number of anilines is 12. The van der Waals surface area contributed by atoms with E-state index >= 15 is 0 Å². The van der Waals surface area contributed by atoms with Crippen molar-refractivity contribution in [2.75, 3.05) is 19.6 Å². The molecular weight excluding hydrogens is 957 g/mol. The predicted molar refractivity (Wildman–Crippen MR) is 332 cm³/mol. The van der Waals surface area contributed by atoms with Gasteiger partial charge < -0.3 is 19.6 Å². The van der Waals surface area contributed by atoms with Gasteiger partial charge in [0.2, 0.25) is 0 Å². The summed E-state index contributed by atoms with van der Waals surface area (Å²) in [5.74, 6) is 0. The zero-order valence-corrected chi connectivity index (χ0v) is 44.0. The molecule has 0 unspecified atom stereocenters. The Balaban J connectivity index is 0.714. The van der Waals surface area contributed by atoms with E-state index in [0.717, 1.165) is 68.2 Å². The lowest BCUT2D eigenvalue weighted by atomic mass is 9.80. The zero-order chi connectivity index (χ0) is 52.6. The van der Waals surface area contributed by atoms with E-state index in [-0.39, 0.29) is 5.41 Å². The van der Waals surface area contributed by atoms with Crippen molar-refractivity contribution < 1.29 is 0 Å². The van der Waals surface area contributed by atoms with Gasteiger partial charge >= 0.3 is 0 Å². The molecule has 12 aromatic rings. The lowest BCUT2D eigenvalue weighted by Gasteiger charge is -2.40. The lowest BCUT2D eigenvalue weighted by Crippen LogP contribution is -2.24. The minimum absolute atomic E-state index is 0.184. The lowest BCUT2D eigenvalue weighted by molar-refractivity contribution is 0.661. The van der Waals surface area contributed by atoms with Crippen molar-refractivity contribution in [2.45, 2.75) is 19.3 Å². The van der Waals surface area contributed by atoms with Crippen LogP contribution in [0.5, 0.6) is 0 Å². The van der Waals surface area contributed by atoms with Crippen molar-refractivity contribution >= 4 is 68.2 Å². The highest BCUT2D eigenvalue weighted by atomic mass is 15.3. The Morgan fingerprint density at radius 3 is 0.734 bits per heavy atom. The van der Waals surface area contributed by atoms with Crippen molar-refractivity contribution in [3.8, 4) is 55.6 Å². The van der Waals surface area contributed by atoms with E-state index in [1.165, 1.54) is 66.8 Å². The third kappa shape index (κ3) is 7.67. The number of benzene rings is 12. The quantitative estimate of drug-likeness (QED) is 0.150. The van der Waals surface area contributed by atoms with Gasteiger partial charge in [0.1, 0.15) is 0 Å². The molecule has 1 aliphatic carbocycles. The number of rotatable bonds is 8. The molecular formula is C75H54N4. The van der Waals surface area contributed by atoms with E-state index in [1.807, 2.05) is 0 Å². The van der Waals surface area contributed by atoms with E-state index in [9.17, 15) is 0 Å². The minimum Gasteiger partial charge on any atom is -0.306 e. The van der Waals surface area contributed by atoms with Crippen molar-refractivity contribution in [3.63, 3.8) is 0 Å². The summed E-state index contributed by atoms with van der Waals surface area (Å²) in [6.07, 6.45) is 0. The predicted octanol–water partition coefficient (Wildman–Crippen LogP) is 21.2. The maximum Gasteiger partial charge on any atom is 0.0709 e. The first-order valence-electron chi connectivity index (χ1n) is 27.3. The molecule has 12 aromatic carbocycles. The second-order valence-corrected chi connectivity index (χ2v) is 21.4. The third-order valence-electron chi connectivity index (χ3n) is 16.5. The maximum absolute atomic E-state index is 2.43. The summed E-state index contributed by atoms with van der Waals surface area (Å²) in [6, 6.07) is 106. The van der Waals surface area contributed by atoms with Crippen LogP contribution >= 0.6 is 0 Å². The molecule has 2 aliphatic heterocycles. The molecule has 0 aromatic heterocycles. The van der Waals surface area contributed by atoms with Crippen molar-refractivity contribution in [3.05, 3.63) is 302 Å². The number of para-hydroxylation sites is 8. The molecule has 0 atom stereocenters. The van der Waals surface area contributed by atoms with E-state index < -0.39 is 0 Å². The summed E-state index contributed by atoms with van der Waals surface area (Å²) < 4.78 is 0. The monoisotopic (exact) mass is 1010 g/mol. The van der Waals surface area contributed by atoms with Crippen molar-refractivity contribution in [1.82, 2.24) is 0 Å². The molecule has 0 radical (unpaired) electrons. The average Bonchev–Trinajstić information content (AvgIpc) is 3.94. The van der Waals surface area contributed by atoms with Crippen LogP contribution in [0.2, 0.25) is 0 Å². The van der Waals surface area contributed by atoms with Crippen LogP contribution in [0.25, 0.3) is 55.6 Å². The van der Waals surface area contributed by atoms with Gasteiger partial charge in [0.25, 0.3) is 0 Å². The SMILES string of the molecule is CC1(C)c2cc(-c3ccc(-c4ccc5c(c4)N(c4ccccc4)c4ccccc4N5c4ccccc4)cc3)ccc2-c2ccc(-c3ccc(-c4ccc5c(c4)N(c4ccccc4)c4ccccc4N5c4ccccc4)cc3)cc21. The molecule has 3 aliphatic rings. The van der Waals surface area contributed by atoms with E-state index in [0.29, 0.717) is 0 Å². The van der Waals surface area contributed by atoms with Crippen LogP contribution in [0.1, 0.15) is 25.0 Å². The summed E-state index contributed by atoms with van der Waals surface area (Å²) in [4.78, 5) is 9.58. The summed E-state index contributed by atoms with van der Waals surface area (Å²) in [6.45, 7) is 4.77. The van der Waals surface area contributed by atoms with Crippen LogP contribution in [0.3, 0.4) is 0 Å². The van der Waals surface area contributed by atoms with Gasteiger partial charge in [-0.05, 0) is 176 Å². The summed E-state index contributed by atoms with van der Waals surface area (Å²) >= 11 is 0. The van der Waals surface area contributed by atoms with Gasteiger partial charge in [0.15, 0.2) is 0 Å². The molecule has 0 bridgehead atoms. The Kier molecular flexibility index (Phi) is 10.8. The van der Waals surface area contributed by atoms with Gasteiger partial charge in [0, 0.05) is 28.2 Å². The minimum atomic E-state index is -0.184. The molecule has 0 amide bonds. The van der Waals surface area contributed by atoms with Gasteiger partial charge in [-0.2, -0.15) is 0 Å². The molecule has 374 valence electrons. The fourth-order valence-electron chi connectivity index (χ4n) is 12.6. The smallest absolute Gasteiger partial charge is 0.0709 e. The molecule has 0 spiro atoms. The highest BCUT2D eigenvalue weighted by molar-refractivity contribution is 6.04. The molecule has 0 fully saturated rings. The van der Waals surface area contributed by atoms with E-state index in [1.54, 1.807) is 0 Å². The van der Waals surface area contributed by atoms with E-state index in [4.69, 9.17) is 0 Å². The fourth-order valence-corrected chi connectivity index (χ4v) is 12.6. The molecule has 0 N–H and O–H groups in total. The average molecular weight is 1010 g/mol. The topological polar surface area (TPSA) is 13.0 Å². The van der Waals surface area contributed by atoms with Gasteiger partial charge in [-0.1, -0.05) is 196 Å². The van der Waals surface area contributed by atoms with E-state index in [2.05, 4.69) is 325 Å². The number of nitrogens with zero attached hydrogens (tertiary/aromatic N) is 4. The second-order valence-electron chi connectivity index (χ2n) is 21.4. The zero-order valence-electron chi connectivity index (χ0n) is 44.0. The highest BCUT2D eigenvalue weighted by Crippen LogP contribution is 2.57. The molecule has 2 heterocycles. The first-order valence-corrected chi connectivity index (χ1v) is 27.3. The van der Waals surface area contributed by atoms with Crippen molar-refractivity contribution in [2.24, 2.45) is 0 Å².